The van der Waals surface area contributed by atoms with E-state index in [9.17, 15) is 14.0 Å². The van der Waals surface area contributed by atoms with Gasteiger partial charge in [0, 0.05) is 18.4 Å². The molecule has 0 heterocycles. The van der Waals surface area contributed by atoms with Crippen LogP contribution in [-0.2, 0) is 9.59 Å². The van der Waals surface area contributed by atoms with Gasteiger partial charge in [-0.15, -0.1) is 0 Å². The molecule has 7 heteroatoms. The summed E-state index contributed by atoms with van der Waals surface area (Å²) in [7, 11) is 0. The van der Waals surface area contributed by atoms with Crippen LogP contribution >= 0.6 is 28.6 Å². The van der Waals surface area contributed by atoms with Crippen LogP contribution in [0.5, 0.6) is 0 Å². The zero-order valence-electron chi connectivity index (χ0n) is 10.5. The maximum absolute atomic E-state index is 13.3. The number of aryl methyl sites for hydroxylation is 1. The van der Waals surface area contributed by atoms with Gasteiger partial charge in [0.1, 0.15) is 11.9 Å². The number of amides is 2. The van der Waals surface area contributed by atoms with Crippen LogP contribution in [0.3, 0.4) is 0 Å². The lowest BCUT2D eigenvalue weighted by Crippen LogP contribution is -2.44. The molecule has 1 unspecified atom stereocenters. The quantitative estimate of drug-likeness (QED) is 0.731. The first-order chi connectivity index (χ1) is 8.85. The zero-order chi connectivity index (χ0) is 14.6. The summed E-state index contributed by atoms with van der Waals surface area (Å²) in [4.78, 5) is 22.9. The second-order valence-corrected chi connectivity index (χ2v) is 5.23. The van der Waals surface area contributed by atoms with Gasteiger partial charge in [0.25, 0.3) is 0 Å². The monoisotopic (exact) mass is 348 g/mol. The Balaban J connectivity index is 2.86. The van der Waals surface area contributed by atoms with E-state index in [1.54, 1.807) is 6.92 Å². The van der Waals surface area contributed by atoms with Crippen molar-refractivity contribution in [1.82, 2.24) is 5.32 Å². The van der Waals surface area contributed by atoms with Crippen molar-refractivity contribution in [2.75, 3.05) is 11.1 Å². The molecule has 1 aromatic carbocycles. The highest BCUT2D eigenvalue weighted by Gasteiger charge is 2.18. The van der Waals surface area contributed by atoms with Crippen LogP contribution in [-0.4, -0.2) is 23.6 Å². The van der Waals surface area contributed by atoms with Gasteiger partial charge >= 0.3 is 0 Å². The molecule has 0 radical (unpaired) electrons. The summed E-state index contributed by atoms with van der Waals surface area (Å²) in [5.74, 6) is -0.937. The fraction of sp³-hybridized carbons (Fsp3) is 0.333. The molecule has 0 saturated heterocycles. The number of rotatable bonds is 4. The van der Waals surface area contributed by atoms with Crippen LogP contribution in [0.25, 0.3) is 0 Å². The highest BCUT2D eigenvalue weighted by molar-refractivity contribution is 9.10. The van der Waals surface area contributed by atoms with Gasteiger partial charge < -0.3 is 10.6 Å². The lowest BCUT2D eigenvalue weighted by molar-refractivity contribution is -0.124. The third-order valence-corrected chi connectivity index (χ3v) is 3.37. The number of anilines is 1. The Bertz CT molecular complexity index is 511. The summed E-state index contributed by atoms with van der Waals surface area (Å²) in [6.07, 6.45) is 0. The Hall–Kier alpha value is -1.08. The molecule has 0 saturated carbocycles. The van der Waals surface area contributed by atoms with Crippen molar-refractivity contribution in [3.63, 3.8) is 0 Å². The lowest BCUT2D eigenvalue weighted by Gasteiger charge is -2.16. The number of thiol groups is 1. The maximum atomic E-state index is 13.3. The van der Waals surface area contributed by atoms with Crippen molar-refractivity contribution in [3.05, 3.63) is 28.0 Å². The van der Waals surface area contributed by atoms with Gasteiger partial charge in [-0.2, -0.15) is 12.6 Å². The average molecular weight is 349 g/mol. The highest BCUT2D eigenvalue weighted by atomic mass is 79.9. The van der Waals surface area contributed by atoms with E-state index in [0.717, 1.165) is 0 Å². The van der Waals surface area contributed by atoms with Crippen LogP contribution < -0.4 is 10.6 Å². The number of hydrogen-bond donors (Lipinski definition) is 3. The van der Waals surface area contributed by atoms with Crippen LogP contribution in [0.1, 0.15) is 12.5 Å². The Morgan fingerprint density at radius 2 is 2.11 bits per heavy atom. The minimum atomic E-state index is -0.732. The zero-order valence-corrected chi connectivity index (χ0v) is 12.9. The number of halogens is 2. The molecular formula is C12H14BrFN2O2S. The highest BCUT2D eigenvalue weighted by Crippen LogP contribution is 2.24. The van der Waals surface area contributed by atoms with Crippen LogP contribution in [0.4, 0.5) is 10.1 Å². The third kappa shape index (κ3) is 4.50. The Morgan fingerprint density at radius 1 is 1.47 bits per heavy atom. The Labute approximate surface area is 124 Å². The van der Waals surface area contributed by atoms with Crippen molar-refractivity contribution in [2.45, 2.75) is 19.9 Å². The van der Waals surface area contributed by atoms with E-state index in [-0.39, 0.29) is 16.1 Å². The van der Waals surface area contributed by atoms with Crippen molar-refractivity contribution >= 4 is 46.1 Å². The largest absolute Gasteiger partial charge is 0.344 e. The second kappa shape index (κ2) is 6.91. The molecule has 1 atom stereocenters. The molecule has 1 aromatic rings. The lowest BCUT2D eigenvalue weighted by atomic mass is 10.2. The molecule has 2 amide bonds. The average Bonchev–Trinajstić information content (AvgIpc) is 2.32. The van der Waals surface area contributed by atoms with E-state index in [1.807, 2.05) is 0 Å². The van der Waals surface area contributed by atoms with Gasteiger partial charge in [-0.25, -0.2) is 4.39 Å². The van der Waals surface area contributed by atoms with Gasteiger partial charge in [-0.1, -0.05) is 0 Å². The van der Waals surface area contributed by atoms with E-state index >= 15 is 0 Å². The summed E-state index contributed by atoms with van der Waals surface area (Å²) in [6.45, 7) is 3.00. The second-order valence-electron chi connectivity index (χ2n) is 4.01. The molecule has 0 aliphatic carbocycles. The van der Waals surface area contributed by atoms with Crippen molar-refractivity contribution in [1.29, 1.82) is 0 Å². The summed E-state index contributed by atoms with van der Waals surface area (Å²) < 4.78 is 13.5. The normalized spacial score (nSPS) is 11.8. The number of nitrogens with one attached hydrogen (secondary N) is 2. The predicted molar refractivity (Wildman–Crippen MR) is 78.9 cm³/mol. The van der Waals surface area contributed by atoms with Crippen LogP contribution in [0, 0.1) is 12.7 Å². The molecule has 0 aliphatic rings. The first-order valence-electron chi connectivity index (χ1n) is 5.49. The summed E-state index contributed by atoms with van der Waals surface area (Å²) in [5.41, 5.74) is 1.07. The van der Waals surface area contributed by atoms with Gasteiger partial charge in [-0.05, 0) is 40.5 Å². The number of carbonyl (C=O) groups excluding carboxylic acids is 2. The summed E-state index contributed by atoms with van der Waals surface area (Å²) in [6, 6.07) is 2.06. The SMILES string of the molecule is CC(=O)NC(CS)C(=O)Nc1cc(Br)c(F)cc1C. The van der Waals surface area contributed by atoms with Crippen molar-refractivity contribution in [2.24, 2.45) is 0 Å². The molecule has 2 N–H and O–H groups in total. The smallest absolute Gasteiger partial charge is 0.247 e. The summed E-state index contributed by atoms with van der Waals surface area (Å²) >= 11 is 7.07. The first kappa shape index (κ1) is 16.0. The summed E-state index contributed by atoms with van der Waals surface area (Å²) in [5, 5.41) is 5.12. The Morgan fingerprint density at radius 3 is 2.63 bits per heavy atom. The molecule has 0 fully saturated rings. The van der Waals surface area contributed by atoms with Gasteiger partial charge in [-0.3, -0.25) is 9.59 Å². The Kier molecular flexibility index (Phi) is 5.81. The fourth-order valence-electron chi connectivity index (χ4n) is 1.44. The fourth-order valence-corrected chi connectivity index (χ4v) is 2.04. The molecule has 0 bridgehead atoms. The standard InChI is InChI=1S/C12H14BrFN2O2S/c1-6-3-9(14)8(13)4-10(6)16-12(18)11(5-19)15-7(2)17/h3-4,11,19H,5H2,1-2H3,(H,15,17)(H,16,18). The number of hydrogen-bond acceptors (Lipinski definition) is 3. The minimum absolute atomic E-state index is 0.173. The number of carbonyl (C=O) groups is 2. The molecule has 1 rings (SSSR count). The topological polar surface area (TPSA) is 58.2 Å². The third-order valence-electron chi connectivity index (χ3n) is 2.40. The van der Waals surface area contributed by atoms with Crippen molar-refractivity contribution in [3.8, 4) is 0 Å². The van der Waals surface area contributed by atoms with Crippen LogP contribution in [0.15, 0.2) is 16.6 Å². The molecule has 0 aliphatic heterocycles. The molecule has 0 spiro atoms. The van der Waals surface area contributed by atoms with E-state index in [1.165, 1.54) is 19.1 Å². The van der Waals surface area contributed by atoms with Gasteiger partial charge in [0.05, 0.1) is 4.47 Å². The molecule has 19 heavy (non-hydrogen) atoms. The minimum Gasteiger partial charge on any atom is -0.344 e. The van der Waals surface area contributed by atoms with E-state index in [0.29, 0.717) is 11.3 Å². The van der Waals surface area contributed by atoms with E-state index in [4.69, 9.17) is 0 Å². The van der Waals surface area contributed by atoms with E-state index in [2.05, 4.69) is 39.2 Å². The molecule has 104 valence electrons. The molecular weight excluding hydrogens is 335 g/mol. The van der Waals surface area contributed by atoms with Crippen molar-refractivity contribution < 1.29 is 14.0 Å². The van der Waals surface area contributed by atoms with E-state index < -0.39 is 17.8 Å². The predicted octanol–water partition coefficient (Wildman–Crippen LogP) is 2.27. The van der Waals surface area contributed by atoms with Crippen LogP contribution in [0.2, 0.25) is 0 Å². The maximum Gasteiger partial charge on any atom is 0.247 e. The number of benzene rings is 1. The van der Waals surface area contributed by atoms with Gasteiger partial charge in [0.2, 0.25) is 11.8 Å². The molecule has 0 aromatic heterocycles. The molecule has 4 nitrogen and oxygen atoms in total. The first-order valence-corrected chi connectivity index (χ1v) is 6.92. The van der Waals surface area contributed by atoms with Gasteiger partial charge in [0.15, 0.2) is 0 Å².